The van der Waals surface area contributed by atoms with E-state index in [1.165, 1.54) is 0 Å². The van der Waals surface area contributed by atoms with E-state index >= 15 is 0 Å². The molecule has 0 amide bonds. The van der Waals surface area contributed by atoms with Crippen LogP contribution in [0.25, 0.3) is 0 Å². The van der Waals surface area contributed by atoms with Crippen LogP contribution >= 0.6 is 0 Å². The third-order valence-corrected chi connectivity index (χ3v) is 0. The molecule has 0 aromatic carbocycles. The molecule has 0 atom stereocenters. The standard InChI is InChI=1S/Cr.Cu.La.H4Si/h;;;1H4. The van der Waals surface area contributed by atoms with Crippen LogP contribution in [0.15, 0.2) is 0 Å². The number of hydrogen-bond acceptors (Lipinski definition) is 0. The Morgan fingerprint density at radius 2 is 1.00 bits per heavy atom. The van der Waals surface area contributed by atoms with Crippen molar-refractivity contribution in [3.63, 3.8) is 0 Å². The minimum atomic E-state index is 0. The van der Waals surface area contributed by atoms with Crippen LogP contribution in [0.4, 0.5) is 0 Å². The van der Waals surface area contributed by atoms with Gasteiger partial charge in [0.25, 0.3) is 0 Å². The largest absolute Gasteiger partial charge is 0.0149 e. The zero-order valence-electron chi connectivity index (χ0n) is 1.29. The smallest absolute Gasteiger partial charge is 0 e. The first-order valence-electron chi connectivity index (χ1n) is 0. The van der Waals surface area contributed by atoms with E-state index in [-0.39, 0.29) is 81.0 Å². The minimum absolute atomic E-state index is 0. The summed E-state index contributed by atoms with van der Waals surface area (Å²) in [5.41, 5.74) is 0. The second kappa shape index (κ2) is 17.9. The van der Waals surface area contributed by atoms with Crippen LogP contribution in [0.1, 0.15) is 0 Å². The van der Waals surface area contributed by atoms with Gasteiger partial charge in [-0.3, -0.25) is 0 Å². The van der Waals surface area contributed by atoms with Crippen molar-refractivity contribution in [1.29, 1.82) is 0 Å². The zero-order valence-corrected chi connectivity index (χ0v) is 7.13. The fourth-order valence-electron chi connectivity index (χ4n) is 0. The third kappa shape index (κ3) is 8.82. The molecule has 0 N–H and O–H groups in total. The summed E-state index contributed by atoms with van der Waals surface area (Å²) >= 11 is 0. The van der Waals surface area contributed by atoms with Gasteiger partial charge in [-0.2, -0.15) is 0 Å². The Kier molecular flexibility index (Phi) is 143. The van der Waals surface area contributed by atoms with Crippen molar-refractivity contribution in [2.45, 2.75) is 0 Å². The molecule has 0 spiro atoms. The Balaban J connectivity index is 0. The molecule has 0 aliphatic heterocycles. The van der Waals surface area contributed by atoms with Crippen LogP contribution in [0.2, 0.25) is 0 Å². The first-order chi connectivity index (χ1) is 0. The van der Waals surface area contributed by atoms with Crippen LogP contribution in [-0.2, 0) is 34.4 Å². The molecule has 28 valence electrons. The Morgan fingerprint density at radius 3 is 1.00 bits per heavy atom. The predicted octanol–water partition coefficient (Wildman–Crippen LogP) is -1.46. The van der Waals surface area contributed by atoms with Gasteiger partial charge in [-0.1, -0.05) is 0 Å². The second-order valence-electron chi connectivity index (χ2n) is 0. The summed E-state index contributed by atoms with van der Waals surface area (Å²) in [6.07, 6.45) is 0. The summed E-state index contributed by atoms with van der Waals surface area (Å²) in [4.78, 5) is 0. The molecule has 4 heteroatoms. The van der Waals surface area contributed by atoms with Crippen LogP contribution in [-0.4, -0.2) is 11.0 Å². The van der Waals surface area contributed by atoms with Gasteiger partial charge in [0.05, 0.1) is 0 Å². The maximum Gasteiger partial charge on any atom is 0 e. The molecule has 0 aromatic rings. The van der Waals surface area contributed by atoms with E-state index < -0.39 is 0 Å². The van der Waals surface area contributed by atoms with Gasteiger partial charge < -0.3 is 0 Å². The summed E-state index contributed by atoms with van der Waals surface area (Å²) in [5, 5.41) is 0. The van der Waals surface area contributed by atoms with E-state index in [0.29, 0.717) is 0 Å². The molecule has 0 aromatic heterocycles. The van der Waals surface area contributed by atoms with Crippen LogP contribution in [0.3, 0.4) is 0 Å². The molecule has 0 bridgehead atoms. The van der Waals surface area contributed by atoms with Gasteiger partial charge in [0.2, 0.25) is 0 Å². The predicted molar refractivity (Wildman–Crippen MR) is 11.3 cm³/mol. The van der Waals surface area contributed by atoms with E-state index in [2.05, 4.69) is 0 Å². The van der Waals surface area contributed by atoms with Crippen molar-refractivity contribution in [3.8, 4) is 0 Å². The van der Waals surface area contributed by atoms with Crippen molar-refractivity contribution in [2.75, 3.05) is 0 Å². The Morgan fingerprint density at radius 1 is 1.00 bits per heavy atom. The number of rotatable bonds is 0. The maximum absolute atomic E-state index is 0. The van der Waals surface area contributed by atoms with Gasteiger partial charge in [0.1, 0.15) is 0 Å². The van der Waals surface area contributed by atoms with Crippen LogP contribution in [0, 0.1) is 35.6 Å². The van der Waals surface area contributed by atoms with Gasteiger partial charge in [-0.25, -0.2) is 0 Å². The van der Waals surface area contributed by atoms with E-state index in [9.17, 15) is 0 Å². The van der Waals surface area contributed by atoms with Crippen molar-refractivity contribution in [2.24, 2.45) is 0 Å². The van der Waals surface area contributed by atoms with Gasteiger partial charge in [-0.15, -0.1) is 0 Å². The monoisotopic (exact) mass is 286 g/mol. The van der Waals surface area contributed by atoms with E-state index in [0.717, 1.165) is 0 Å². The Labute approximate surface area is 79.7 Å². The molecule has 2 radical (unpaired) electrons. The second-order valence-corrected chi connectivity index (χ2v) is 0. The normalized spacial score (nSPS) is 0. The molecular weight excluding hydrogens is 283 g/mol. The third-order valence-electron chi connectivity index (χ3n) is 0. The van der Waals surface area contributed by atoms with Gasteiger partial charge in [-0.05, 0) is 11.0 Å². The van der Waals surface area contributed by atoms with E-state index in [1.807, 2.05) is 0 Å². The summed E-state index contributed by atoms with van der Waals surface area (Å²) in [7, 11) is 0. The molecule has 0 rings (SSSR count). The molecule has 0 fully saturated rings. The SMILES string of the molecule is [Cr].[Cu].[La].[SiH4]. The Hall–Kier alpha value is 2.46. The summed E-state index contributed by atoms with van der Waals surface area (Å²) in [5.74, 6) is 0. The molecule has 0 heterocycles. The molecule has 0 nitrogen and oxygen atoms in total. The van der Waals surface area contributed by atoms with Crippen molar-refractivity contribution in [1.82, 2.24) is 0 Å². The molecule has 0 unspecified atom stereocenters. The average Bonchev–Trinajstić information content (AvgIpc) is 0. The summed E-state index contributed by atoms with van der Waals surface area (Å²) in [6, 6.07) is 0. The van der Waals surface area contributed by atoms with Gasteiger partial charge in [0.15, 0.2) is 0 Å². The molecule has 4 heavy (non-hydrogen) atoms. The molecular formula is H4CrCuLaSi. The molecule has 0 aliphatic carbocycles. The molecule has 0 aliphatic rings. The molecule has 0 saturated heterocycles. The summed E-state index contributed by atoms with van der Waals surface area (Å²) in [6.45, 7) is 0. The average molecular weight is 287 g/mol. The molecule has 0 saturated carbocycles. The Bertz CT molecular complexity index is 8.00. The van der Waals surface area contributed by atoms with Crippen molar-refractivity contribution < 1.29 is 70.0 Å². The quantitative estimate of drug-likeness (QED) is 0.478. The first kappa shape index (κ1) is 31.8. The fourth-order valence-corrected chi connectivity index (χ4v) is 0. The van der Waals surface area contributed by atoms with E-state index in [1.54, 1.807) is 0 Å². The topological polar surface area (TPSA) is 0 Å². The van der Waals surface area contributed by atoms with Crippen molar-refractivity contribution >= 4 is 11.0 Å². The fraction of sp³-hybridized carbons (Fsp3) is 0. The van der Waals surface area contributed by atoms with Crippen LogP contribution < -0.4 is 0 Å². The van der Waals surface area contributed by atoms with Gasteiger partial charge >= 0.3 is 0 Å². The zero-order chi connectivity index (χ0) is 0. The maximum atomic E-state index is 0. The summed E-state index contributed by atoms with van der Waals surface area (Å²) < 4.78 is 0. The minimum Gasteiger partial charge on any atom is -0.0149 e. The van der Waals surface area contributed by atoms with Crippen molar-refractivity contribution in [3.05, 3.63) is 0 Å². The van der Waals surface area contributed by atoms with Gasteiger partial charge in [0, 0.05) is 70.0 Å². The first-order valence-corrected chi connectivity index (χ1v) is 0. The van der Waals surface area contributed by atoms with Crippen LogP contribution in [0.5, 0.6) is 0 Å². The van der Waals surface area contributed by atoms with E-state index in [4.69, 9.17) is 0 Å². The number of hydrogen-bond donors (Lipinski definition) is 0.